The number of benzene rings is 3. The number of sulfonamides is 1. The van der Waals surface area contributed by atoms with Crippen molar-refractivity contribution in [3.63, 3.8) is 0 Å². The van der Waals surface area contributed by atoms with Crippen LogP contribution in [0, 0.1) is 0 Å². The largest absolute Gasteiger partial charge is 0.494 e. The van der Waals surface area contributed by atoms with Gasteiger partial charge in [0.2, 0.25) is 0 Å². The summed E-state index contributed by atoms with van der Waals surface area (Å²) in [4.78, 5) is 12.8. The molecule has 4 rings (SSSR count). The minimum atomic E-state index is -3.83. The number of halogens is 1. The topological polar surface area (TPSA) is 75.7 Å². The average molecular weight is 485 g/mol. The van der Waals surface area contributed by atoms with Crippen LogP contribution in [0.5, 0.6) is 5.75 Å². The zero-order valence-electron chi connectivity index (χ0n) is 18.0. The van der Waals surface area contributed by atoms with E-state index in [9.17, 15) is 13.2 Å². The van der Waals surface area contributed by atoms with Crippen LogP contribution in [0.4, 0.5) is 5.69 Å². The highest BCUT2D eigenvalue weighted by atomic mass is 35.5. The highest BCUT2D eigenvalue weighted by Crippen LogP contribution is 2.32. The summed E-state index contributed by atoms with van der Waals surface area (Å²) in [6, 6.07) is 21.2. The van der Waals surface area contributed by atoms with Gasteiger partial charge in [0.05, 0.1) is 27.8 Å². The SMILES string of the molecule is O=C(NCCCOc1ccccc1)c1cc(S(=O)(=O)N2CCCc3ccccc32)ccc1Cl. The second-order valence-electron chi connectivity index (χ2n) is 7.72. The number of aryl methyl sites for hydroxylation is 1. The van der Waals surface area contributed by atoms with E-state index >= 15 is 0 Å². The van der Waals surface area contributed by atoms with E-state index in [-0.39, 0.29) is 15.5 Å². The summed E-state index contributed by atoms with van der Waals surface area (Å²) in [5.74, 6) is 0.347. The molecule has 0 atom stereocenters. The zero-order valence-corrected chi connectivity index (χ0v) is 19.6. The lowest BCUT2D eigenvalue weighted by atomic mass is 10.0. The predicted octanol–water partition coefficient (Wildman–Crippen LogP) is 4.68. The quantitative estimate of drug-likeness (QED) is 0.471. The maximum Gasteiger partial charge on any atom is 0.264 e. The highest BCUT2D eigenvalue weighted by molar-refractivity contribution is 7.92. The number of ether oxygens (including phenoxy) is 1. The number of hydrogen-bond acceptors (Lipinski definition) is 4. The zero-order chi connectivity index (χ0) is 23.3. The van der Waals surface area contributed by atoms with Crippen molar-refractivity contribution in [2.24, 2.45) is 0 Å². The molecule has 0 saturated heterocycles. The van der Waals surface area contributed by atoms with Gasteiger partial charge in [0.15, 0.2) is 0 Å². The first kappa shape index (κ1) is 23.1. The Labute approximate surface area is 199 Å². The first-order chi connectivity index (χ1) is 16.0. The second kappa shape index (κ2) is 10.3. The molecule has 0 aliphatic carbocycles. The van der Waals surface area contributed by atoms with Crippen LogP contribution in [0.3, 0.4) is 0 Å². The Morgan fingerprint density at radius 1 is 1.03 bits per heavy atom. The monoisotopic (exact) mass is 484 g/mol. The van der Waals surface area contributed by atoms with E-state index in [1.807, 2.05) is 54.6 Å². The predicted molar refractivity (Wildman–Crippen MR) is 130 cm³/mol. The molecule has 0 aromatic heterocycles. The molecule has 1 N–H and O–H groups in total. The van der Waals surface area contributed by atoms with Crippen molar-refractivity contribution in [3.05, 3.63) is 88.9 Å². The van der Waals surface area contributed by atoms with Crippen LogP contribution in [0.1, 0.15) is 28.8 Å². The van der Waals surface area contributed by atoms with Crippen LogP contribution in [-0.4, -0.2) is 34.0 Å². The van der Waals surface area contributed by atoms with E-state index in [0.29, 0.717) is 31.8 Å². The Morgan fingerprint density at radius 3 is 2.61 bits per heavy atom. The molecule has 0 unspecified atom stereocenters. The summed E-state index contributed by atoms with van der Waals surface area (Å²) < 4.78 is 33.8. The van der Waals surface area contributed by atoms with Gasteiger partial charge in [0.25, 0.3) is 15.9 Å². The van der Waals surface area contributed by atoms with Gasteiger partial charge >= 0.3 is 0 Å². The van der Waals surface area contributed by atoms with Crippen LogP contribution in [0.15, 0.2) is 77.7 Å². The number of nitrogens with one attached hydrogen (secondary N) is 1. The Hall–Kier alpha value is -3.03. The van der Waals surface area contributed by atoms with Crippen molar-refractivity contribution in [1.82, 2.24) is 5.32 Å². The van der Waals surface area contributed by atoms with Gasteiger partial charge in [-0.05, 0) is 61.2 Å². The van der Waals surface area contributed by atoms with Gasteiger partial charge < -0.3 is 10.1 Å². The van der Waals surface area contributed by atoms with Gasteiger partial charge in [0.1, 0.15) is 5.75 Å². The van der Waals surface area contributed by atoms with Gasteiger partial charge in [-0.1, -0.05) is 48.0 Å². The molecular formula is C25H25ClN2O4S. The van der Waals surface area contributed by atoms with Gasteiger partial charge in [-0.3, -0.25) is 9.10 Å². The standard InChI is InChI=1S/C25H25ClN2O4S/c26-23-14-13-21(33(30,31)28-16-6-9-19-8-4-5-12-24(19)28)18-22(23)25(29)27-15-7-17-32-20-10-2-1-3-11-20/h1-5,8,10-14,18H,6-7,9,15-17H2,(H,27,29). The van der Waals surface area contributed by atoms with Crippen LogP contribution >= 0.6 is 11.6 Å². The summed E-state index contributed by atoms with van der Waals surface area (Å²) in [7, 11) is -3.83. The van der Waals surface area contributed by atoms with Gasteiger partial charge in [-0.25, -0.2) is 8.42 Å². The molecule has 3 aromatic rings. The van der Waals surface area contributed by atoms with Crippen molar-refractivity contribution >= 4 is 33.2 Å². The lowest BCUT2D eigenvalue weighted by Gasteiger charge is -2.30. The molecular weight excluding hydrogens is 460 g/mol. The van der Waals surface area contributed by atoms with Crippen LogP contribution in [-0.2, 0) is 16.4 Å². The summed E-state index contributed by atoms with van der Waals surface area (Å²) in [6.45, 7) is 1.21. The second-order valence-corrected chi connectivity index (χ2v) is 9.99. The van der Waals surface area contributed by atoms with E-state index in [2.05, 4.69) is 5.32 Å². The third kappa shape index (κ3) is 5.31. The maximum absolute atomic E-state index is 13.4. The summed E-state index contributed by atoms with van der Waals surface area (Å²) in [5, 5.41) is 2.99. The van der Waals surface area contributed by atoms with Gasteiger partial charge in [0, 0.05) is 13.1 Å². The van der Waals surface area contributed by atoms with E-state index in [0.717, 1.165) is 24.2 Å². The average Bonchev–Trinajstić information content (AvgIpc) is 2.84. The molecule has 0 radical (unpaired) electrons. The minimum absolute atomic E-state index is 0.0427. The fourth-order valence-electron chi connectivity index (χ4n) is 3.79. The molecule has 33 heavy (non-hydrogen) atoms. The van der Waals surface area contributed by atoms with E-state index < -0.39 is 15.9 Å². The third-order valence-corrected chi connectivity index (χ3v) is 7.60. The molecule has 3 aromatic carbocycles. The van der Waals surface area contributed by atoms with Crippen LogP contribution in [0.25, 0.3) is 0 Å². The molecule has 0 spiro atoms. The number of nitrogens with zero attached hydrogens (tertiary/aromatic N) is 1. The molecule has 6 nitrogen and oxygen atoms in total. The molecule has 172 valence electrons. The molecule has 0 bridgehead atoms. The molecule has 1 aliphatic rings. The molecule has 1 aliphatic heterocycles. The number of rotatable bonds is 8. The number of carbonyl (C=O) groups excluding carboxylic acids is 1. The molecule has 1 heterocycles. The number of amides is 1. The fourth-order valence-corrected chi connectivity index (χ4v) is 5.56. The smallest absolute Gasteiger partial charge is 0.264 e. The molecule has 0 saturated carbocycles. The van der Waals surface area contributed by atoms with Gasteiger partial charge in [-0.2, -0.15) is 0 Å². The van der Waals surface area contributed by atoms with E-state index in [4.69, 9.17) is 16.3 Å². The Morgan fingerprint density at radius 2 is 1.79 bits per heavy atom. The number of fused-ring (bicyclic) bond motifs is 1. The maximum atomic E-state index is 13.4. The first-order valence-electron chi connectivity index (χ1n) is 10.8. The lowest BCUT2D eigenvalue weighted by Crippen LogP contribution is -2.35. The molecule has 0 fully saturated rings. The first-order valence-corrected chi connectivity index (χ1v) is 12.6. The van der Waals surface area contributed by atoms with E-state index in [1.165, 1.54) is 22.5 Å². The minimum Gasteiger partial charge on any atom is -0.494 e. The van der Waals surface area contributed by atoms with Crippen LogP contribution in [0.2, 0.25) is 5.02 Å². The van der Waals surface area contributed by atoms with Crippen molar-refractivity contribution in [2.75, 3.05) is 24.0 Å². The lowest BCUT2D eigenvalue weighted by molar-refractivity contribution is 0.0951. The fraction of sp³-hybridized carbons (Fsp3) is 0.240. The number of hydrogen-bond donors (Lipinski definition) is 1. The number of carbonyl (C=O) groups is 1. The molecule has 1 amide bonds. The third-order valence-electron chi connectivity index (χ3n) is 5.46. The Balaban J connectivity index is 1.43. The Bertz CT molecular complexity index is 1230. The number of anilines is 1. The van der Waals surface area contributed by atoms with Crippen molar-refractivity contribution in [2.45, 2.75) is 24.2 Å². The summed E-state index contributed by atoms with van der Waals surface area (Å²) in [6.07, 6.45) is 2.17. The highest BCUT2D eigenvalue weighted by Gasteiger charge is 2.29. The van der Waals surface area contributed by atoms with Crippen molar-refractivity contribution in [3.8, 4) is 5.75 Å². The summed E-state index contributed by atoms with van der Waals surface area (Å²) >= 11 is 6.23. The van der Waals surface area contributed by atoms with Crippen molar-refractivity contribution in [1.29, 1.82) is 0 Å². The Kier molecular flexibility index (Phi) is 7.20. The van der Waals surface area contributed by atoms with Crippen molar-refractivity contribution < 1.29 is 17.9 Å². The van der Waals surface area contributed by atoms with Gasteiger partial charge in [-0.15, -0.1) is 0 Å². The van der Waals surface area contributed by atoms with E-state index in [1.54, 1.807) is 0 Å². The molecule has 8 heteroatoms. The normalized spacial score (nSPS) is 13.3. The number of para-hydroxylation sites is 2. The van der Waals surface area contributed by atoms with Crippen LogP contribution < -0.4 is 14.4 Å². The summed E-state index contributed by atoms with van der Waals surface area (Å²) in [5.41, 5.74) is 1.81.